The second-order valence-corrected chi connectivity index (χ2v) is 4.07. The SMILES string of the molecule is CC/C=C\C=C(/C)c1cn(-c2ccccc2)nn1. The molecule has 0 N–H and O–H groups in total. The predicted molar refractivity (Wildman–Crippen MR) is 74.4 cm³/mol. The Hall–Kier alpha value is -2.16. The highest BCUT2D eigenvalue weighted by atomic mass is 15.4. The summed E-state index contributed by atoms with van der Waals surface area (Å²) in [6.07, 6.45) is 9.21. The van der Waals surface area contributed by atoms with E-state index in [1.54, 1.807) is 4.68 Å². The van der Waals surface area contributed by atoms with Crippen molar-refractivity contribution < 1.29 is 0 Å². The van der Waals surface area contributed by atoms with Gasteiger partial charge in [0.2, 0.25) is 0 Å². The molecule has 0 amide bonds. The quantitative estimate of drug-likeness (QED) is 0.763. The van der Waals surface area contributed by atoms with E-state index in [1.165, 1.54) is 0 Å². The largest absolute Gasteiger partial charge is 0.220 e. The molecule has 2 aromatic rings. The molecule has 1 aromatic heterocycles. The van der Waals surface area contributed by atoms with Crippen LogP contribution in [-0.2, 0) is 0 Å². The van der Waals surface area contributed by atoms with E-state index in [4.69, 9.17) is 0 Å². The Morgan fingerprint density at radius 1 is 1.28 bits per heavy atom. The van der Waals surface area contributed by atoms with Crippen LogP contribution in [0.15, 0.2) is 54.8 Å². The monoisotopic (exact) mass is 239 g/mol. The van der Waals surface area contributed by atoms with E-state index in [0.717, 1.165) is 23.4 Å². The Labute approximate surface area is 107 Å². The van der Waals surface area contributed by atoms with Gasteiger partial charge in [0.05, 0.1) is 11.9 Å². The molecule has 0 aliphatic carbocycles. The van der Waals surface area contributed by atoms with E-state index < -0.39 is 0 Å². The van der Waals surface area contributed by atoms with Gasteiger partial charge >= 0.3 is 0 Å². The number of hydrogen-bond donors (Lipinski definition) is 0. The first kappa shape index (κ1) is 12.3. The molecular formula is C15H17N3. The summed E-state index contributed by atoms with van der Waals surface area (Å²) in [6, 6.07) is 9.98. The summed E-state index contributed by atoms with van der Waals surface area (Å²) in [4.78, 5) is 0. The first-order valence-corrected chi connectivity index (χ1v) is 6.13. The van der Waals surface area contributed by atoms with Crippen molar-refractivity contribution in [2.24, 2.45) is 0 Å². The molecule has 0 fully saturated rings. The minimum atomic E-state index is 0.902. The highest BCUT2D eigenvalue weighted by molar-refractivity contribution is 5.61. The second-order valence-electron chi connectivity index (χ2n) is 4.07. The van der Waals surface area contributed by atoms with Crippen LogP contribution >= 0.6 is 0 Å². The van der Waals surface area contributed by atoms with E-state index in [2.05, 4.69) is 35.5 Å². The molecule has 0 saturated heterocycles. The molecule has 0 radical (unpaired) electrons. The lowest BCUT2D eigenvalue weighted by atomic mass is 10.2. The summed E-state index contributed by atoms with van der Waals surface area (Å²) >= 11 is 0. The fourth-order valence-electron chi connectivity index (χ4n) is 1.59. The number of aromatic nitrogens is 3. The summed E-state index contributed by atoms with van der Waals surface area (Å²) in [5.74, 6) is 0. The maximum Gasteiger partial charge on any atom is 0.109 e. The first-order chi connectivity index (χ1) is 8.81. The highest BCUT2D eigenvalue weighted by Crippen LogP contribution is 2.12. The van der Waals surface area contributed by atoms with Gasteiger partial charge in [-0.15, -0.1) is 5.10 Å². The van der Waals surface area contributed by atoms with E-state index >= 15 is 0 Å². The number of nitrogens with zero attached hydrogens (tertiary/aromatic N) is 3. The summed E-state index contributed by atoms with van der Waals surface area (Å²) in [5, 5.41) is 8.32. The zero-order valence-electron chi connectivity index (χ0n) is 10.7. The molecule has 0 unspecified atom stereocenters. The van der Waals surface area contributed by atoms with E-state index in [-0.39, 0.29) is 0 Å². The Morgan fingerprint density at radius 2 is 2.06 bits per heavy atom. The smallest absolute Gasteiger partial charge is 0.109 e. The van der Waals surface area contributed by atoms with Gasteiger partial charge in [-0.05, 0) is 31.1 Å². The van der Waals surface area contributed by atoms with Gasteiger partial charge in [-0.2, -0.15) is 0 Å². The van der Waals surface area contributed by atoms with Gasteiger partial charge in [0.1, 0.15) is 5.69 Å². The summed E-state index contributed by atoms with van der Waals surface area (Å²) < 4.78 is 1.79. The number of allylic oxidation sites excluding steroid dienone is 4. The van der Waals surface area contributed by atoms with Crippen molar-refractivity contribution in [3.8, 4) is 5.69 Å². The molecular weight excluding hydrogens is 222 g/mol. The lowest BCUT2D eigenvalue weighted by molar-refractivity contribution is 0.802. The molecule has 0 aliphatic heterocycles. The van der Waals surface area contributed by atoms with Crippen LogP contribution in [0.25, 0.3) is 11.3 Å². The second kappa shape index (κ2) is 5.96. The molecule has 1 aromatic carbocycles. The van der Waals surface area contributed by atoms with Gasteiger partial charge in [0, 0.05) is 0 Å². The fourth-order valence-corrected chi connectivity index (χ4v) is 1.59. The number of rotatable bonds is 4. The number of hydrogen-bond acceptors (Lipinski definition) is 2. The molecule has 3 nitrogen and oxygen atoms in total. The van der Waals surface area contributed by atoms with Crippen molar-refractivity contribution in [2.75, 3.05) is 0 Å². The van der Waals surface area contributed by atoms with Crippen LogP contribution in [0.2, 0.25) is 0 Å². The van der Waals surface area contributed by atoms with Crippen LogP contribution in [-0.4, -0.2) is 15.0 Å². The summed E-state index contributed by atoms with van der Waals surface area (Å²) in [6.45, 7) is 4.16. The third kappa shape index (κ3) is 2.94. The maximum absolute atomic E-state index is 4.18. The van der Waals surface area contributed by atoms with Crippen LogP contribution in [0.3, 0.4) is 0 Å². The zero-order valence-corrected chi connectivity index (χ0v) is 10.7. The lowest BCUT2D eigenvalue weighted by Crippen LogP contribution is -1.93. The third-order valence-electron chi connectivity index (χ3n) is 2.64. The molecule has 2 rings (SSSR count). The Balaban J connectivity index is 2.21. The molecule has 18 heavy (non-hydrogen) atoms. The fraction of sp³-hybridized carbons (Fsp3) is 0.200. The van der Waals surface area contributed by atoms with Gasteiger partial charge in [-0.1, -0.05) is 48.6 Å². The van der Waals surface area contributed by atoms with Gasteiger partial charge in [-0.3, -0.25) is 0 Å². The minimum Gasteiger partial charge on any atom is -0.220 e. The number of benzene rings is 1. The molecule has 3 heteroatoms. The van der Waals surface area contributed by atoms with Gasteiger partial charge < -0.3 is 0 Å². The average molecular weight is 239 g/mol. The predicted octanol–water partition coefficient (Wildman–Crippen LogP) is 3.64. The molecule has 0 aliphatic rings. The van der Waals surface area contributed by atoms with Crippen molar-refractivity contribution in [3.05, 3.63) is 60.5 Å². The lowest BCUT2D eigenvalue weighted by Gasteiger charge is -1.97. The van der Waals surface area contributed by atoms with Crippen LogP contribution in [0.1, 0.15) is 26.0 Å². The molecule has 92 valence electrons. The average Bonchev–Trinajstić information content (AvgIpc) is 2.89. The van der Waals surface area contributed by atoms with Gasteiger partial charge in [0.15, 0.2) is 0 Å². The van der Waals surface area contributed by atoms with Gasteiger partial charge in [-0.25, -0.2) is 4.68 Å². The standard InChI is InChI=1S/C15H17N3/c1-3-4-6-9-13(2)15-12-18(17-16-15)14-10-7-5-8-11-14/h4-12H,3H2,1-2H3/b6-4-,13-9+. The van der Waals surface area contributed by atoms with E-state index in [0.29, 0.717) is 0 Å². The van der Waals surface area contributed by atoms with Crippen molar-refractivity contribution in [3.63, 3.8) is 0 Å². The van der Waals surface area contributed by atoms with Crippen molar-refractivity contribution in [1.82, 2.24) is 15.0 Å². The van der Waals surface area contributed by atoms with Crippen LogP contribution < -0.4 is 0 Å². The van der Waals surface area contributed by atoms with Crippen molar-refractivity contribution >= 4 is 5.57 Å². The molecule has 0 atom stereocenters. The van der Waals surface area contributed by atoms with Crippen molar-refractivity contribution in [2.45, 2.75) is 20.3 Å². The van der Waals surface area contributed by atoms with Gasteiger partial charge in [0.25, 0.3) is 0 Å². The Morgan fingerprint density at radius 3 is 2.78 bits per heavy atom. The Kier molecular flexibility index (Phi) is 4.07. The maximum atomic E-state index is 4.18. The third-order valence-corrected chi connectivity index (χ3v) is 2.64. The molecule has 0 bridgehead atoms. The summed E-state index contributed by atoms with van der Waals surface area (Å²) in [5.41, 5.74) is 3.04. The number of para-hydroxylation sites is 1. The molecule has 0 spiro atoms. The first-order valence-electron chi connectivity index (χ1n) is 6.13. The molecule has 0 saturated carbocycles. The highest BCUT2D eigenvalue weighted by Gasteiger charge is 2.03. The topological polar surface area (TPSA) is 30.7 Å². The van der Waals surface area contributed by atoms with Crippen LogP contribution in [0, 0.1) is 0 Å². The summed E-state index contributed by atoms with van der Waals surface area (Å²) in [7, 11) is 0. The van der Waals surface area contributed by atoms with E-state index in [9.17, 15) is 0 Å². The Bertz CT molecular complexity index is 550. The van der Waals surface area contributed by atoms with Crippen molar-refractivity contribution in [1.29, 1.82) is 0 Å². The molecule has 1 heterocycles. The normalized spacial score (nSPS) is 12.2. The van der Waals surface area contributed by atoms with E-state index in [1.807, 2.05) is 43.5 Å². The van der Waals surface area contributed by atoms with Crippen LogP contribution in [0.4, 0.5) is 0 Å². The van der Waals surface area contributed by atoms with Crippen LogP contribution in [0.5, 0.6) is 0 Å². The zero-order chi connectivity index (χ0) is 12.8. The minimum absolute atomic E-state index is 0.902.